The second kappa shape index (κ2) is 2.95. The summed E-state index contributed by atoms with van der Waals surface area (Å²) < 4.78 is 0. The molecule has 0 spiro atoms. The molecule has 1 aromatic rings. The van der Waals surface area contributed by atoms with Crippen molar-refractivity contribution in [3.8, 4) is 0 Å². The van der Waals surface area contributed by atoms with E-state index in [-0.39, 0.29) is 0 Å². The van der Waals surface area contributed by atoms with E-state index in [4.69, 9.17) is 11.6 Å². The fourth-order valence-corrected chi connectivity index (χ4v) is 1.99. The first-order chi connectivity index (χ1) is 6.07. The van der Waals surface area contributed by atoms with Gasteiger partial charge in [0, 0.05) is 11.9 Å². The molecule has 0 saturated heterocycles. The summed E-state index contributed by atoms with van der Waals surface area (Å²) >= 11 is 5.73. The highest BCUT2D eigenvalue weighted by atomic mass is 35.5. The molecule has 0 fully saturated rings. The van der Waals surface area contributed by atoms with Gasteiger partial charge in [-0.25, -0.2) is 9.97 Å². The van der Waals surface area contributed by atoms with Crippen LogP contribution in [0.1, 0.15) is 31.5 Å². The molecule has 0 saturated carbocycles. The van der Waals surface area contributed by atoms with Crippen LogP contribution in [0.3, 0.4) is 0 Å². The minimum atomic E-state index is 0.374. The molecule has 1 aromatic heterocycles. The van der Waals surface area contributed by atoms with Gasteiger partial charge in [-0.3, -0.25) is 0 Å². The third kappa shape index (κ3) is 1.83. The van der Waals surface area contributed by atoms with Crippen molar-refractivity contribution in [2.24, 2.45) is 5.41 Å². The molecule has 0 atom stereocenters. The zero-order valence-electron chi connectivity index (χ0n) is 7.97. The highest BCUT2D eigenvalue weighted by Gasteiger charge is 2.26. The zero-order chi connectivity index (χ0) is 9.47. The van der Waals surface area contributed by atoms with Gasteiger partial charge < -0.3 is 0 Å². The Hall–Kier alpha value is -0.630. The minimum absolute atomic E-state index is 0.374. The summed E-state index contributed by atoms with van der Waals surface area (Å²) in [6, 6.07) is 0. The van der Waals surface area contributed by atoms with Crippen LogP contribution >= 0.6 is 11.6 Å². The van der Waals surface area contributed by atoms with E-state index in [1.807, 2.05) is 6.20 Å². The number of aryl methyl sites for hydroxylation is 1. The molecule has 1 aliphatic carbocycles. The molecule has 2 rings (SSSR count). The highest BCUT2D eigenvalue weighted by Crippen LogP contribution is 2.33. The third-order valence-electron chi connectivity index (χ3n) is 2.63. The molecule has 1 aliphatic rings. The van der Waals surface area contributed by atoms with Gasteiger partial charge in [0.2, 0.25) is 5.28 Å². The van der Waals surface area contributed by atoms with Crippen LogP contribution in [0.25, 0.3) is 0 Å². The summed E-state index contributed by atoms with van der Waals surface area (Å²) in [6.07, 6.45) is 5.16. The molecular weight excluding hydrogens is 184 g/mol. The zero-order valence-corrected chi connectivity index (χ0v) is 8.73. The summed E-state index contributed by atoms with van der Waals surface area (Å²) in [5, 5.41) is 0.374. The van der Waals surface area contributed by atoms with Gasteiger partial charge in [0.05, 0.1) is 0 Å². The second-order valence-corrected chi connectivity index (χ2v) is 4.79. The molecule has 2 nitrogen and oxygen atoms in total. The Morgan fingerprint density at radius 2 is 2.23 bits per heavy atom. The van der Waals surface area contributed by atoms with Gasteiger partial charge >= 0.3 is 0 Å². The Morgan fingerprint density at radius 1 is 1.46 bits per heavy atom. The Morgan fingerprint density at radius 3 is 3.00 bits per heavy atom. The third-order valence-corrected chi connectivity index (χ3v) is 2.81. The van der Waals surface area contributed by atoms with E-state index in [2.05, 4.69) is 23.8 Å². The first-order valence-corrected chi connectivity index (χ1v) is 4.95. The van der Waals surface area contributed by atoms with E-state index < -0.39 is 0 Å². The van der Waals surface area contributed by atoms with Crippen LogP contribution in [0, 0.1) is 5.41 Å². The van der Waals surface area contributed by atoms with Crippen molar-refractivity contribution < 1.29 is 0 Å². The Kier molecular flexibility index (Phi) is 2.03. The van der Waals surface area contributed by atoms with Crippen molar-refractivity contribution in [3.63, 3.8) is 0 Å². The summed E-state index contributed by atoms with van der Waals surface area (Å²) in [6.45, 7) is 4.56. The number of aromatic nitrogens is 2. The maximum Gasteiger partial charge on any atom is 0.222 e. The quantitative estimate of drug-likeness (QED) is 0.597. The van der Waals surface area contributed by atoms with Crippen LogP contribution in [-0.4, -0.2) is 9.97 Å². The number of nitrogens with zero attached hydrogens (tertiary/aromatic N) is 2. The Bertz CT molecular complexity index is 334. The van der Waals surface area contributed by atoms with E-state index in [1.165, 1.54) is 12.0 Å². The van der Waals surface area contributed by atoms with Gasteiger partial charge in [0.1, 0.15) is 0 Å². The van der Waals surface area contributed by atoms with Crippen LogP contribution in [0.5, 0.6) is 0 Å². The van der Waals surface area contributed by atoms with E-state index in [9.17, 15) is 0 Å². The van der Waals surface area contributed by atoms with Gasteiger partial charge in [-0.15, -0.1) is 0 Å². The fourth-order valence-electron chi connectivity index (χ4n) is 1.84. The molecule has 1 heterocycles. The molecule has 3 heteroatoms. The predicted octanol–water partition coefficient (Wildman–Crippen LogP) is 2.64. The maximum atomic E-state index is 5.73. The fraction of sp³-hybridized carbons (Fsp3) is 0.600. The Labute approximate surface area is 83.4 Å². The van der Waals surface area contributed by atoms with Crippen molar-refractivity contribution in [3.05, 3.63) is 22.7 Å². The van der Waals surface area contributed by atoms with Crippen molar-refractivity contribution in [1.82, 2.24) is 9.97 Å². The molecule has 0 aliphatic heterocycles. The van der Waals surface area contributed by atoms with E-state index in [0.717, 1.165) is 18.5 Å². The monoisotopic (exact) mass is 196 g/mol. The molecule has 70 valence electrons. The lowest BCUT2D eigenvalue weighted by atomic mass is 9.76. The van der Waals surface area contributed by atoms with Crippen molar-refractivity contribution in [2.45, 2.75) is 33.1 Å². The number of fused-ring (bicyclic) bond motifs is 1. The molecule has 0 amide bonds. The van der Waals surface area contributed by atoms with Crippen molar-refractivity contribution in [2.75, 3.05) is 0 Å². The number of hydrogen-bond donors (Lipinski definition) is 0. The molecule has 0 radical (unpaired) electrons. The molecule has 0 N–H and O–H groups in total. The SMILES string of the molecule is CC1(C)CCc2nc(Cl)ncc2C1. The minimum Gasteiger partial charge on any atom is -0.226 e. The number of rotatable bonds is 0. The lowest BCUT2D eigenvalue weighted by Crippen LogP contribution is -2.23. The molecule has 0 unspecified atom stereocenters. The summed E-state index contributed by atoms with van der Waals surface area (Å²) in [5.41, 5.74) is 2.80. The smallest absolute Gasteiger partial charge is 0.222 e. The van der Waals surface area contributed by atoms with Crippen LogP contribution < -0.4 is 0 Å². The topological polar surface area (TPSA) is 25.8 Å². The first kappa shape index (κ1) is 8.95. The lowest BCUT2D eigenvalue weighted by Gasteiger charge is -2.30. The summed E-state index contributed by atoms with van der Waals surface area (Å²) in [7, 11) is 0. The lowest BCUT2D eigenvalue weighted by molar-refractivity contribution is 0.311. The van der Waals surface area contributed by atoms with Gasteiger partial charge in [0.25, 0.3) is 0 Å². The van der Waals surface area contributed by atoms with Gasteiger partial charge in [0.15, 0.2) is 0 Å². The predicted molar refractivity (Wildman–Crippen MR) is 52.8 cm³/mol. The van der Waals surface area contributed by atoms with E-state index >= 15 is 0 Å². The van der Waals surface area contributed by atoms with Gasteiger partial charge in [-0.1, -0.05) is 13.8 Å². The average molecular weight is 197 g/mol. The maximum absolute atomic E-state index is 5.73. The van der Waals surface area contributed by atoms with Crippen molar-refractivity contribution in [1.29, 1.82) is 0 Å². The number of halogens is 1. The van der Waals surface area contributed by atoms with Gasteiger partial charge in [-0.2, -0.15) is 0 Å². The van der Waals surface area contributed by atoms with Crippen molar-refractivity contribution >= 4 is 11.6 Å². The Balaban J connectivity index is 2.37. The largest absolute Gasteiger partial charge is 0.226 e. The van der Waals surface area contributed by atoms with Crippen LogP contribution in [-0.2, 0) is 12.8 Å². The standard InChI is InChI=1S/C10H13ClN2/c1-10(2)4-3-8-7(5-10)6-12-9(11)13-8/h6H,3-5H2,1-2H3. The average Bonchev–Trinajstić information content (AvgIpc) is 2.05. The normalized spacial score (nSPS) is 19.6. The number of hydrogen-bond acceptors (Lipinski definition) is 2. The summed E-state index contributed by atoms with van der Waals surface area (Å²) in [5.74, 6) is 0. The van der Waals surface area contributed by atoms with Crippen LogP contribution in [0.4, 0.5) is 0 Å². The van der Waals surface area contributed by atoms with E-state index in [0.29, 0.717) is 10.7 Å². The van der Waals surface area contributed by atoms with Gasteiger partial charge in [-0.05, 0) is 41.8 Å². The molecular formula is C10H13ClN2. The second-order valence-electron chi connectivity index (χ2n) is 4.45. The molecule has 0 aromatic carbocycles. The van der Waals surface area contributed by atoms with Crippen LogP contribution in [0.2, 0.25) is 5.28 Å². The van der Waals surface area contributed by atoms with Crippen LogP contribution in [0.15, 0.2) is 6.20 Å². The van der Waals surface area contributed by atoms with E-state index in [1.54, 1.807) is 0 Å². The summed E-state index contributed by atoms with van der Waals surface area (Å²) in [4.78, 5) is 8.25. The first-order valence-electron chi connectivity index (χ1n) is 4.57. The highest BCUT2D eigenvalue weighted by molar-refractivity contribution is 6.28. The molecule has 13 heavy (non-hydrogen) atoms. The molecule has 0 bridgehead atoms.